The number of alkyl carbamates (subject to hydrolysis) is 1. The summed E-state index contributed by atoms with van der Waals surface area (Å²) in [6, 6.07) is 0. The molecule has 2 aliphatic rings. The molecule has 0 saturated carbocycles. The third-order valence-electron chi connectivity index (χ3n) is 5.00. The van der Waals surface area contributed by atoms with E-state index in [0.29, 0.717) is 29.7 Å². The van der Waals surface area contributed by atoms with Gasteiger partial charge in [0, 0.05) is 11.3 Å². The molecule has 1 heterocycles. The van der Waals surface area contributed by atoms with Gasteiger partial charge in [-0.3, -0.25) is 10.3 Å². The van der Waals surface area contributed by atoms with Crippen LogP contribution in [-0.4, -0.2) is 42.8 Å². The Morgan fingerprint density at radius 1 is 0.897 bits per heavy atom. The van der Waals surface area contributed by atoms with Crippen LogP contribution >= 0.6 is 0 Å². The zero-order valence-electron chi connectivity index (χ0n) is 17.1. The van der Waals surface area contributed by atoms with Crippen LogP contribution in [0.4, 0.5) is 4.79 Å². The first-order valence-corrected chi connectivity index (χ1v) is 10.1. The number of hydrogen-bond acceptors (Lipinski definition) is 7. The summed E-state index contributed by atoms with van der Waals surface area (Å²) in [4.78, 5) is 42.0. The minimum absolute atomic E-state index is 0.0179. The van der Waals surface area contributed by atoms with E-state index in [1.807, 2.05) is 0 Å². The van der Waals surface area contributed by atoms with Crippen molar-refractivity contribution in [2.45, 2.75) is 52.9 Å². The van der Waals surface area contributed by atoms with Crippen LogP contribution in [-0.2, 0) is 38.3 Å². The first-order chi connectivity index (χ1) is 14.0. The molecule has 8 heteroatoms. The molecule has 8 nitrogen and oxygen atoms in total. The summed E-state index contributed by atoms with van der Waals surface area (Å²) >= 11 is 0. The SMILES string of the molecule is CCOC(=O)N/C(C(=O)OCC)=C1/CCc2c1nc1c(c2C(=O)OCC)CCC1. The van der Waals surface area contributed by atoms with Crippen molar-refractivity contribution in [1.29, 1.82) is 0 Å². The molecule has 0 spiro atoms. The van der Waals surface area contributed by atoms with Crippen molar-refractivity contribution < 1.29 is 28.6 Å². The third-order valence-corrected chi connectivity index (χ3v) is 5.00. The van der Waals surface area contributed by atoms with Gasteiger partial charge in [0.1, 0.15) is 5.70 Å². The summed E-state index contributed by atoms with van der Waals surface area (Å²) in [5.74, 6) is -1.01. The standard InChI is InChI=1S/C21H26N2O6/c1-4-27-19(24)16-12-8-7-9-15(12)22-17-13(16)10-11-14(17)18(20(25)28-5-2)23-21(26)29-6-3/h4-11H2,1-3H3,(H,23,26)/b18-14-. The predicted molar refractivity (Wildman–Crippen MR) is 104 cm³/mol. The number of nitrogens with one attached hydrogen (secondary N) is 1. The zero-order chi connectivity index (χ0) is 21.0. The van der Waals surface area contributed by atoms with Crippen LogP contribution in [0.25, 0.3) is 5.57 Å². The molecule has 1 N–H and O–H groups in total. The smallest absolute Gasteiger partial charge is 0.411 e. The Morgan fingerprint density at radius 3 is 2.31 bits per heavy atom. The van der Waals surface area contributed by atoms with Crippen molar-refractivity contribution >= 4 is 23.6 Å². The number of rotatable bonds is 6. The lowest BCUT2D eigenvalue weighted by Crippen LogP contribution is -2.30. The molecule has 0 saturated heterocycles. The molecular formula is C21H26N2O6. The van der Waals surface area contributed by atoms with Gasteiger partial charge in [-0.25, -0.2) is 14.4 Å². The average molecular weight is 402 g/mol. The van der Waals surface area contributed by atoms with E-state index >= 15 is 0 Å². The average Bonchev–Trinajstić information content (AvgIpc) is 3.31. The molecule has 1 aromatic rings. The molecule has 0 fully saturated rings. The first-order valence-electron chi connectivity index (χ1n) is 10.1. The number of fused-ring (bicyclic) bond motifs is 2. The molecule has 0 bridgehead atoms. The number of hydrogen-bond donors (Lipinski definition) is 1. The van der Waals surface area contributed by atoms with Crippen molar-refractivity contribution in [2.24, 2.45) is 0 Å². The fourth-order valence-corrected chi connectivity index (χ4v) is 3.90. The normalized spacial score (nSPS) is 16.0. The number of amides is 1. The van der Waals surface area contributed by atoms with Crippen molar-refractivity contribution in [2.75, 3.05) is 19.8 Å². The molecule has 0 aliphatic heterocycles. The lowest BCUT2D eigenvalue weighted by atomic mass is 9.99. The summed E-state index contributed by atoms with van der Waals surface area (Å²) < 4.78 is 15.4. The molecule has 1 aromatic heterocycles. The van der Waals surface area contributed by atoms with Gasteiger partial charge in [-0.2, -0.15) is 0 Å². The maximum Gasteiger partial charge on any atom is 0.411 e. The minimum Gasteiger partial charge on any atom is -0.462 e. The van der Waals surface area contributed by atoms with Crippen molar-refractivity contribution in [3.8, 4) is 0 Å². The van der Waals surface area contributed by atoms with Gasteiger partial charge in [0.15, 0.2) is 0 Å². The Hall–Kier alpha value is -2.90. The number of nitrogens with zero attached hydrogens (tertiary/aromatic N) is 1. The number of ether oxygens (including phenoxy) is 3. The van der Waals surface area contributed by atoms with Crippen molar-refractivity contribution in [3.05, 3.63) is 33.8 Å². The number of pyridine rings is 1. The van der Waals surface area contributed by atoms with Gasteiger partial charge in [0.2, 0.25) is 0 Å². The Labute approximate surface area is 169 Å². The van der Waals surface area contributed by atoms with E-state index in [1.54, 1.807) is 20.8 Å². The number of carbonyl (C=O) groups excluding carboxylic acids is 3. The number of esters is 2. The van der Waals surface area contributed by atoms with Gasteiger partial charge < -0.3 is 14.2 Å². The Kier molecular flexibility index (Phi) is 6.51. The van der Waals surface area contributed by atoms with Crippen molar-refractivity contribution in [1.82, 2.24) is 10.3 Å². The second kappa shape index (κ2) is 9.07. The molecule has 0 unspecified atom stereocenters. The van der Waals surface area contributed by atoms with Crippen LogP contribution in [0.1, 0.15) is 66.5 Å². The van der Waals surface area contributed by atoms with Crippen LogP contribution < -0.4 is 5.32 Å². The summed E-state index contributed by atoms with van der Waals surface area (Å²) in [6.45, 7) is 5.76. The molecule has 0 radical (unpaired) electrons. The van der Waals surface area contributed by atoms with E-state index in [0.717, 1.165) is 36.1 Å². The molecule has 2 aliphatic carbocycles. The Balaban J connectivity index is 2.13. The monoisotopic (exact) mass is 402 g/mol. The van der Waals surface area contributed by atoms with Gasteiger partial charge in [-0.05, 0) is 64.0 Å². The largest absolute Gasteiger partial charge is 0.462 e. The maximum absolute atomic E-state index is 12.7. The fraction of sp³-hybridized carbons (Fsp3) is 0.524. The molecule has 29 heavy (non-hydrogen) atoms. The summed E-state index contributed by atoms with van der Waals surface area (Å²) in [5.41, 5.74) is 4.28. The number of allylic oxidation sites excluding steroid dienone is 1. The molecule has 3 rings (SSSR count). The highest BCUT2D eigenvalue weighted by atomic mass is 16.6. The number of carbonyl (C=O) groups is 3. The van der Waals surface area contributed by atoms with Crippen LogP contribution in [0, 0.1) is 0 Å². The molecule has 156 valence electrons. The summed E-state index contributed by atoms with van der Waals surface area (Å²) in [7, 11) is 0. The highest BCUT2D eigenvalue weighted by molar-refractivity contribution is 6.02. The zero-order valence-corrected chi connectivity index (χ0v) is 17.1. The van der Waals surface area contributed by atoms with Crippen LogP contribution in [0.3, 0.4) is 0 Å². The van der Waals surface area contributed by atoms with Gasteiger partial charge in [0.25, 0.3) is 0 Å². The summed E-state index contributed by atoms with van der Waals surface area (Å²) in [5, 5.41) is 2.51. The minimum atomic E-state index is -0.733. The highest BCUT2D eigenvalue weighted by Crippen LogP contribution is 2.39. The van der Waals surface area contributed by atoms with Crippen LogP contribution in [0.15, 0.2) is 5.70 Å². The number of aryl methyl sites for hydroxylation is 1. The van der Waals surface area contributed by atoms with E-state index < -0.39 is 12.1 Å². The van der Waals surface area contributed by atoms with Crippen LogP contribution in [0.2, 0.25) is 0 Å². The molecular weight excluding hydrogens is 376 g/mol. The molecule has 1 amide bonds. The van der Waals surface area contributed by atoms with E-state index in [1.165, 1.54) is 0 Å². The lowest BCUT2D eigenvalue weighted by Gasteiger charge is -2.15. The van der Waals surface area contributed by atoms with Gasteiger partial charge in [0.05, 0.1) is 31.1 Å². The van der Waals surface area contributed by atoms with Gasteiger partial charge in [-0.1, -0.05) is 0 Å². The Bertz CT molecular complexity index is 874. The third kappa shape index (κ3) is 4.11. The van der Waals surface area contributed by atoms with Gasteiger partial charge >= 0.3 is 18.0 Å². The van der Waals surface area contributed by atoms with Crippen molar-refractivity contribution in [3.63, 3.8) is 0 Å². The maximum atomic E-state index is 12.7. The van der Waals surface area contributed by atoms with E-state index in [4.69, 9.17) is 19.2 Å². The topological polar surface area (TPSA) is 104 Å². The van der Waals surface area contributed by atoms with E-state index in [-0.39, 0.29) is 31.5 Å². The van der Waals surface area contributed by atoms with Crippen LogP contribution in [0.5, 0.6) is 0 Å². The fourth-order valence-electron chi connectivity index (χ4n) is 3.90. The quantitative estimate of drug-likeness (QED) is 0.443. The predicted octanol–water partition coefficient (Wildman–Crippen LogP) is 2.71. The first kappa shape index (κ1) is 20.8. The lowest BCUT2D eigenvalue weighted by molar-refractivity contribution is -0.138. The Morgan fingerprint density at radius 2 is 1.62 bits per heavy atom. The van der Waals surface area contributed by atoms with E-state index in [9.17, 15) is 14.4 Å². The second-order valence-corrected chi connectivity index (χ2v) is 6.73. The molecule has 0 aromatic carbocycles. The number of aromatic nitrogens is 1. The highest BCUT2D eigenvalue weighted by Gasteiger charge is 2.34. The summed E-state index contributed by atoms with van der Waals surface area (Å²) in [6.07, 6.45) is 2.73. The van der Waals surface area contributed by atoms with E-state index in [2.05, 4.69) is 5.32 Å². The second-order valence-electron chi connectivity index (χ2n) is 6.73. The molecule has 0 atom stereocenters. The van der Waals surface area contributed by atoms with Gasteiger partial charge in [-0.15, -0.1) is 0 Å².